The molecule has 47 heavy (non-hydrogen) atoms. The molecule has 0 aromatic heterocycles. The van der Waals surface area contributed by atoms with Gasteiger partial charge in [-0.25, -0.2) is 6.54 Å². The SMILES string of the molecule is CC(C)Oc1ccc([N+](=O)[O-])cc1[CH]=[Ru]([Cl])[Cl].Cc1cc(C)c(N2[CH-]C34C(=CC(c5ccccc53)c3ccccc34)C2(C)C)c(C)c1. The number of aryl methyl sites for hydroxylation is 3. The first-order valence-corrected chi connectivity index (χ1v) is 21.2. The monoisotopic (exact) mass is 755 g/mol. The number of non-ortho nitro benzene ring substituents is 1. The Kier molecular flexibility index (Phi) is 9.02. The van der Waals surface area contributed by atoms with Gasteiger partial charge in [0.25, 0.3) is 0 Å². The second-order valence-corrected chi connectivity index (χ2v) is 19.0. The summed E-state index contributed by atoms with van der Waals surface area (Å²) in [7, 11) is 11.6. The van der Waals surface area contributed by atoms with Gasteiger partial charge in [0, 0.05) is 17.1 Å². The Morgan fingerprint density at radius 3 is 2.04 bits per heavy atom. The van der Waals surface area contributed by atoms with Gasteiger partial charge in [0.2, 0.25) is 0 Å². The number of halogens is 2. The summed E-state index contributed by atoms with van der Waals surface area (Å²) >= 11 is -2.05. The average molecular weight is 756 g/mol. The van der Waals surface area contributed by atoms with Crippen LogP contribution in [0.15, 0.2) is 90.5 Å². The van der Waals surface area contributed by atoms with Crippen molar-refractivity contribution >= 4 is 35.4 Å². The van der Waals surface area contributed by atoms with Gasteiger partial charge in [-0.3, -0.25) is 0 Å². The number of hydrogen-bond acceptors (Lipinski definition) is 4. The Morgan fingerprint density at radius 2 is 1.51 bits per heavy atom. The molecule has 0 unspecified atom stereocenters. The fourth-order valence-electron chi connectivity index (χ4n) is 7.78. The summed E-state index contributed by atoms with van der Waals surface area (Å²) in [4.78, 5) is 12.8. The average Bonchev–Trinajstić information content (AvgIpc) is 3.25. The molecule has 246 valence electrons. The molecule has 0 radical (unpaired) electrons. The molecule has 4 aromatic carbocycles. The first-order valence-electron chi connectivity index (χ1n) is 15.7. The Hall–Kier alpha value is -3.31. The van der Waals surface area contributed by atoms with Crippen LogP contribution in [0.2, 0.25) is 0 Å². The van der Waals surface area contributed by atoms with Crippen LogP contribution in [0.4, 0.5) is 11.4 Å². The summed E-state index contributed by atoms with van der Waals surface area (Å²) in [5.41, 5.74) is 13.1. The minimum absolute atomic E-state index is 0.00360. The van der Waals surface area contributed by atoms with Gasteiger partial charge in [-0.2, -0.15) is 0 Å². The molecule has 0 N–H and O–H groups in total. The van der Waals surface area contributed by atoms with E-state index in [9.17, 15) is 10.1 Å². The van der Waals surface area contributed by atoms with Crippen molar-refractivity contribution in [3.05, 3.63) is 152 Å². The molecule has 0 atom stereocenters. The number of allylic oxidation sites excluding steroid dienone is 1. The van der Waals surface area contributed by atoms with E-state index in [1.54, 1.807) is 10.7 Å². The molecule has 1 heterocycles. The van der Waals surface area contributed by atoms with Crippen LogP contribution < -0.4 is 9.64 Å². The van der Waals surface area contributed by atoms with Crippen molar-refractivity contribution in [1.29, 1.82) is 0 Å². The standard InChI is InChI=1S/C29H28N.C10H11NO3.2ClH.Ru/c1-18-14-19(2)27(20(3)15-18)30-17-29-24-12-8-6-10-21(24)23(16-26(29)28(30,4)5)22-11-7-9-13-25(22)29;1-7(2)14-10-5-4-9(11(12)13)6-8(10)3;;;/h6-17,23H,1-5H3;3-7H,1-2H3;2*1H;/q-1;;;;+2/p-2. The zero-order valence-corrected chi connectivity index (χ0v) is 30.9. The van der Waals surface area contributed by atoms with E-state index in [2.05, 4.69) is 113 Å². The molecule has 4 aliphatic rings. The summed E-state index contributed by atoms with van der Waals surface area (Å²) in [6, 6.07) is 27.2. The molecule has 2 bridgehead atoms. The fourth-order valence-corrected chi connectivity index (χ4v) is 9.57. The molecule has 3 aliphatic carbocycles. The van der Waals surface area contributed by atoms with E-state index in [1.807, 2.05) is 13.8 Å². The molecule has 8 rings (SSSR count). The summed E-state index contributed by atoms with van der Waals surface area (Å²) in [5.74, 6) is 0.910. The van der Waals surface area contributed by atoms with Crippen LogP contribution >= 0.6 is 19.4 Å². The zero-order valence-electron chi connectivity index (χ0n) is 27.6. The zero-order chi connectivity index (χ0) is 33.8. The van der Waals surface area contributed by atoms with Gasteiger partial charge in [0.1, 0.15) is 0 Å². The molecule has 1 saturated heterocycles. The molecule has 0 amide bonds. The van der Waals surface area contributed by atoms with Crippen molar-refractivity contribution in [2.45, 2.75) is 71.4 Å². The smallest absolute Gasteiger partial charge is 0.0276 e. The largest absolute Gasteiger partial charge is 0.513 e. The van der Waals surface area contributed by atoms with Crippen molar-refractivity contribution < 1.29 is 23.2 Å². The van der Waals surface area contributed by atoms with Crippen molar-refractivity contribution in [2.75, 3.05) is 4.90 Å². The van der Waals surface area contributed by atoms with Gasteiger partial charge in [0.05, 0.1) is 0 Å². The van der Waals surface area contributed by atoms with E-state index in [1.165, 1.54) is 62.3 Å². The first-order chi connectivity index (χ1) is 22.2. The minimum atomic E-state index is -2.05. The van der Waals surface area contributed by atoms with Crippen molar-refractivity contribution in [3.63, 3.8) is 0 Å². The Labute approximate surface area is 290 Å². The number of nitro groups is 1. The Morgan fingerprint density at radius 1 is 0.936 bits per heavy atom. The first kappa shape index (κ1) is 33.6. The van der Waals surface area contributed by atoms with Crippen LogP contribution in [0.25, 0.3) is 0 Å². The van der Waals surface area contributed by atoms with Crippen LogP contribution in [0.1, 0.15) is 78.1 Å². The second kappa shape index (κ2) is 12.6. The molecule has 1 aliphatic heterocycles. The van der Waals surface area contributed by atoms with Crippen LogP contribution in [-0.4, -0.2) is 21.2 Å². The molecule has 1 spiro atoms. The number of rotatable bonds is 5. The van der Waals surface area contributed by atoms with E-state index in [-0.39, 0.29) is 22.7 Å². The molecule has 8 heteroatoms. The number of ether oxygens (including phenoxy) is 1. The number of benzene rings is 4. The van der Waals surface area contributed by atoms with Crippen LogP contribution in [0.3, 0.4) is 0 Å². The fraction of sp³-hybridized carbons (Fsp3) is 0.282. The number of anilines is 1. The summed E-state index contributed by atoms with van der Waals surface area (Å²) in [6.45, 7) is 17.8. The predicted molar refractivity (Wildman–Crippen MR) is 191 cm³/mol. The van der Waals surface area contributed by atoms with Gasteiger partial charge in [0.15, 0.2) is 0 Å². The van der Waals surface area contributed by atoms with Crippen LogP contribution in [0.5, 0.6) is 5.75 Å². The van der Waals surface area contributed by atoms with Gasteiger partial charge < -0.3 is 4.90 Å². The topological polar surface area (TPSA) is 55.6 Å². The van der Waals surface area contributed by atoms with Gasteiger partial charge in [-0.05, 0) is 56.9 Å². The van der Waals surface area contributed by atoms with E-state index < -0.39 is 18.4 Å². The maximum atomic E-state index is 10.7. The van der Waals surface area contributed by atoms with Crippen LogP contribution in [-0.2, 0) is 18.9 Å². The number of hydrogen-bond donors (Lipinski definition) is 0. The van der Waals surface area contributed by atoms with Crippen molar-refractivity contribution in [3.8, 4) is 5.75 Å². The third-order valence-corrected chi connectivity index (χ3v) is 11.2. The minimum Gasteiger partial charge on any atom is -0.513 e. The van der Waals surface area contributed by atoms with Gasteiger partial charge >= 0.3 is 112 Å². The maximum absolute atomic E-state index is 10.7. The summed E-state index contributed by atoms with van der Waals surface area (Å²) < 4.78 is 7.17. The number of nitrogens with zero attached hydrogens (tertiary/aromatic N) is 2. The van der Waals surface area contributed by atoms with Gasteiger partial charge in [-0.15, -0.1) is 0 Å². The van der Waals surface area contributed by atoms with Crippen LogP contribution in [0, 0.1) is 37.4 Å². The Bertz CT molecular complexity index is 1890. The molecular formula is C39H39Cl2N2O3Ru-. The third-order valence-electron chi connectivity index (χ3n) is 9.41. The molecule has 4 aromatic rings. The molecule has 1 fully saturated rings. The van der Waals surface area contributed by atoms with Gasteiger partial charge in [-0.1, -0.05) is 94.4 Å². The van der Waals surface area contributed by atoms with Crippen molar-refractivity contribution in [2.24, 2.45) is 0 Å². The Balaban J connectivity index is 0.000000195. The van der Waals surface area contributed by atoms with E-state index in [4.69, 9.17) is 24.1 Å². The van der Waals surface area contributed by atoms with E-state index >= 15 is 0 Å². The number of nitro benzene ring substituents is 1. The molecule has 0 saturated carbocycles. The predicted octanol–water partition coefficient (Wildman–Crippen LogP) is 10.2. The third kappa shape index (κ3) is 5.77. The molecule has 5 nitrogen and oxygen atoms in total. The summed E-state index contributed by atoms with van der Waals surface area (Å²) in [6.07, 6.45) is 2.55. The molecular weight excluding hydrogens is 716 g/mol. The normalized spacial score (nSPS) is 20.0. The van der Waals surface area contributed by atoms with E-state index in [0.717, 1.165) is 0 Å². The second-order valence-electron chi connectivity index (χ2n) is 13.3. The quantitative estimate of drug-likeness (QED) is 0.0669. The summed E-state index contributed by atoms with van der Waals surface area (Å²) in [5, 5.41) is 10.7. The van der Waals surface area contributed by atoms with Crippen molar-refractivity contribution in [1.82, 2.24) is 0 Å². The maximum Gasteiger partial charge on any atom is 0.0276 e. The van der Waals surface area contributed by atoms with E-state index in [0.29, 0.717) is 17.2 Å².